The van der Waals surface area contributed by atoms with Crippen molar-refractivity contribution in [3.63, 3.8) is 0 Å². The molecular formula is C15H19BrINO2. The summed E-state index contributed by atoms with van der Waals surface area (Å²) in [6.07, 6.45) is 6.01. The molecule has 0 spiro atoms. The highest BCUT2D eigenvalue weighted by Gasteiger charge is 2.28. The molecule has 0 atom stereocenters. The predicted molar refractivity (Wildman–Crippen MR) is 91.8 cm³/mol. The van der Waals surface area contributed by atoms with Crippen LogP contribution in [0.15, 0.2) is 22.7 Å². The molecule has 1 aromatic carbocycles. The van der Waals surface area contributed by atoms with Gasteiger partial charge in [-0.3, -0.25) is 4.79 Å². The molecule has 0 heterocycles. The van der Waals surface area contributed by atoms with Gasteiger partial charge in [0, 0.05) is 14.6 Å². The Morgan fingerprint density at radius 1 is 1.30 bits per heavy atom. The van der Waals surface area contributed by atoms with Crippen molar-refractivity contribution >= 4 is 44.4 Å². The molecule has 2 rings (SSSR count). The van der Waals surface area contributed by atoms with Crippen LogP contribution in [-0.4, -0.2) is 23.2 Å². The zero-order valence-corrected chi connectivity index (χ0v) is 15.0. The third kappa shape index (κ3) is 4.43. The summed E-state index contributed by atoms with van der Waals surface area (Å²) < 4.78 is 1.80. The standard InChI is InChI=1S/C15H19BrINO2/c16-11-5-6-13(17)12(9-11)14(19)18-10-15(20)7-3-1-2-4-8-15/h5-6,9,20H,1-4,7-8,10H2,(H,18,19). The summed E-state index contributed by atoms with van der Waals surface area (Å²) in [7, 11) is 0. The predicted octanol–water partition coefficient (Wildman–Crippen LogP) is 3.87. The molecule has 0 aliphatic heterocycles. The Bertz CT molecular complexity index is 485. The largest absolute Gasteiger partial charge is 0.388 e. The topological polar surface area (TPSA) is 49.3 Å². The van der Waals surface area contributed by atoms with Crippen LogP contribution in [0.4, 0.5) is 0 Å². The summed E-state index contributed by atoms with van der Waals surface area (Å²) in [5.74, 6) is -0.117. The molecule has 1 aliphatic carbocycles. The average molecular weight is 452 g/mol. The second kappa shape index (κ2) is 7.22. The van der Waals surface area contributed by atoms with Gasteiger partial charge in [-0.1, -0.05) is 41.6 Å². The molecule has 0 unspecified atom stereocenters. The third-order valence-corrected chi connectivity index (χ3v) is 5.22. The Morgan fingerprint density at radius 2 is 1.95 bits per heavy atom. The van der Waals surface area contributed by atoms with Gasteiger partial charge in [0.25, 0.3) is 5.91 Å². The van der Waals surface area contributed by atoms with Crippen LogP contribution in [0.2, 0.25) is 0 Å². The number of nitrogens with one attached hydrogen (secondary N) is 1. The number of amides is 1. The first-order chi connectivity index (χ1) is 9.50. The second-order valence-electron chi connectivity index (χ2n) is 5.45. The maximum Gasteiger partial charge on any atom is 0.252 e. The van der Waals surface area contributed by atoms with Gasteiger partial charge in [-0.15, -0.1) is 0 Å². The summed E-state index contributed by atoms with van der Waals surface area (Å²) in [4.78, 5) is 12.2. The Labute approximate surface area is 141 Å². The van der Waals surface area contributed by atoms with Crippen molar-refractivity contribution in [3.05, 3.63) is 31.8 Å². The zero-order valence-electron chi connectivity index (χ0n) is 11.3. The zero-order chi connectivity index (χ0) is 14.6. The van der Waals surface area contributed by atoms with E-state index in [4.69, 9.17) is 0 Å². The quantitative estimate of drug-likeness (QED) is 0.541. The summed E-state index contributed by atoms with van der Waals surface area (Å²) in [6.45, 7) is 0.342. The molecule has 1 fully saturated rings. The lowest BCUT2D eigenvalue weighted by Gasteiger charge is -2.26. The lowest BCUT2D eigenvalue weighted by atomic mass is 9.94. The van der Waals surface area contributed by atoms with Crippen LogP contribution >= 0.6 is 38.5 Å². The molecule has 1 saturated carbocycles. The first-order valence-electron chi connectivity index (χ1n) is 6.96. The maximum atomic E-state index is 12.2. The van der Waals surface area contributed by atoms with Gasteiger partial charge in [0.1, 0.15) is 0 Å². The van der Waals surface area contributed by atoms with E-state index in [0.29, 0.717) is 12.1 Å². The molecule has 0 aromatic heterocycles. The number of aliphatic hydroxyl groups is 1. The van der Waals surface area contributed by atoms with Crippen molar-refractivity contribution in [2.75, 3.05) is 6.54 Å². The average Bonchev–Trinajstić information content (AvgIpc) is 2.64. The molecule has 2 N–H and O–H groups in total. The van der Waals surface area contributed by atoms with E-state index in [1.807, 2.05) is 18.2 Å². The summed E-state index contributed by atoms with van der Waals surface area (Å²) >= 11 is 5.53. The van der Waals surface area contributed by atoms with Crippen LogP contribution in [0.1, 0.15) is 48.9 Å². The van der Waals surface area contributed by atoms with E-state index in [-0.39, 0.29) is 5.91 Å². The van der Waals surface area contributed by atoms with Crippen LogP contribution in [0, 0.1) is 3.57 Å². The van der Waals surface area contributed by atoms with Gasteiger partial charge in [0.2, 0.25) is 0 Å². The van der Waals surface area contributed by atoms with Gasteiger partial charge in [0.05, 0.1) is 11.2 Å². The molecule has 0 radical (unpaired) electrons. The molecule has 20 heavy (non-hydrogen) atoms. The normalized spacial score (nSPS) is 18.4. The molecule has 1 aliphatic rings. The van der Waals surface area contributed by atoms with Crippen molar-refractivity contribution in [3.8, 4) is 0 Å². The van der Waals surface area contributed by atoms with Crippen LogP contribution in [0.25, 0.3) is 0 Å². The number of rotatable bonds is 3. The number of carbonyl (C=O) groups is 1. The van der Waals surface area contributed by atoms with Gasteiger partial charge in [-0.25, -0.2) is 0 Å². The minimum Gasteiger partial charge on any atom is -0.388 e. The summed E-state index contributed by atoms with van der Waals surface area (Å²) in [6, 6.07) is 5.63. The smallest absolute Gasteiger partial charge is 0.252 e. The summed E-state index contributed by atoms with van der Waals surface area (Å²) in [5.41, 5.74) is -0.0823. The molecular weight excluding hydrogens is 433 g/mol. The highest BCUT2D eigenvalue weighted by atomic mass is 127. The van der Waals surface area contributed by atoms with Crippen molar-refractivity contribution in [1.29, 1.82) is 0 Å². The van der Waals surface area contributed by atoms with E-state index in [1.165, 1.54) is 12.8 Å². The minimum absolute atomic E-state index is 0.117. The fraction of sp³-hybridized carbons (Fsp3) is 0.533. The number of hydrogen-bond donors (Lipinski definition) is 2. The fourth-order valence-electron chi connectivity index (χ4n) is 2.57. The van der Waals surface area contributed by atoms with E-state index in [1.54, 1.807) is 0 Å². The Hall–Kier alpha value is -0.140. The van der Waals surface area contributed by atoms with Crippen molar-refractivity contribution in [2.24, 2.45) is 0 Å². The molecule has 110 valence electrons. The van der Waals surface area contributed by atoms with Crippen LogP contribution in [0.3, 0.4) is 0 Å². The third-order valence-electron chi connectivity index (χ3n) is 3.79. The van der Waals surface area contributed by atoms with E-state index in [9.17, 15) is 9.90 Å². The second-order valence-corrected chi connectivity index (χ2v) is 7.52. The van der Waals surface area contributed by atoms with E-state index in [0.717, 1.165) is 33.7 Å². The van der Waals surface area contributed by atoms with Crippen molar-refractivity contribution < 1.29 is 9.90 Å². The van der Waals surface area contributed by atoms with Crippen LogP contribution in [-0.2, 0) is 0 Å². The van der Waals surface area contributed by atoms with Gasteiger partial charge >= 0.3 is 0 Å². The lowest BCUT2D eigenvalue weighted by molar-refractivity contribution is 0.0246. The van der Waals surface area contributed by atoms with Gasteiger partial charge in [-0.05, 0) is 53.6 Å². The molecule has 3 nitrogen and oxygen atoms in total. The Morgan fingerprint density at radius 3 is 2.60 bits per heavy atom. The van der Waals surface area contributed by atoms with Gasteiger partial charge < -0.3 is 10.4 Å². The summed E-state index contributed by atoms with van der Waals surface area (Å²) in [5, 5.41) is 13.4. The van der Waals surface area contributed by atoms with Gasteiger partial charge in [0.15, 0.2) is 0 Å². The SMILES string of the molecule is O=C(NCC1(O)CCCCCC1)c1cc(Br)ccc1I. The molecule has 0 saturated heterocycles. The molecule has 1 aromatic rings. The number of hydrogen-bond acceptors (Lipinski definition) is 2. The highest BCUT2D eigenvalue weighted by molar-refractivity contribution is 14.1. The van der Waals surface area contributed by atoms with Gasteiger partial charge in [-0.2, -0.15) is 0 Å². The Balaban J connectivity index is 1.99. The van der Waals surface area contributed by atoms with Crippen LogP contribution < -0.4 is 5.32 Å². The molecule has 5 heteroatoms. The first kappa shape index (κ1) is 16.2. The fourth-order valence-corrected chi connectivity index (χ4v) is 3.52. The monoisotopic (exact) mass is 451 g/mol. The minimum atomic E-state index is -0.733. The maximum absolute atomic E-state index is 12.2. The van der Waals surface area contributed by atoms with Crippen molar-refractivity contribution in [1.82, 2.24) is 5.32 Å². The number of benzene rings is 1. The molecule has 0 bridgehead atoms. The molecule has 1 amide bonds. The number of carbonyl (C=O) groups excluding carboxylic acids is 1. The van der Waals surface area contributed by atoms with Crippen molar-refractivity contribution in [2.45, 2.75) is 44.1 Å². The highest BCUT2D eigenvalue weighted by Crippen LogP contribution is 2.26. The Kier molecular flexibility index (Phi) is 5.86. The first-order valence-corrected chi connectivity index (χ1v) is 8.83. The van der Waals surface area contributed by atoms with E-state index in [2.05, 4.69) is 43.8 Å². The van der Waals surface area contributed by atoms with E-state index < -0.39 is 5.60 Å². The van der Waals surface area contributed by atoms with E-state index >= 15 is 0 Å². The van der Waals surface area contributed by atoms with Crippen LogP contribution in [0.5, 0.6) is 0 Å². The lowest BCUT2D eigenvalue weighted by Crippen LogP contribution is -2.42. The number of halogens is 2.